The number of benzene rings is 2. The van der Waals surface area contributed by atoms with Crippen LogP contribution in [0.3, 0.4) is 0 Å². The molecule has 3 atom stereocenters. The molecule has 1 saturated carbocycles. The zero-order valence-corrected chi connectivity index (χ0v) is 23.4. The van der Waals surface area contributed by atoms with Gasteiger partial charge in [-0.1, -0.05) is 6.58 Å². The summed E-state index contributed by atoms with van der Waals surface area (Å²) in [5.74, 6) is 1.64. The number of ether oxygens (including phenoxy) is 1. The van der Waals surface area contributed by atoms with Gasteiger partial charge in [-0.15, -0.1) is 0 Å². The van der Waals surface area contributed by atoms with Crippen molar-refractivity contribution >= 4 is 39.5 Å². The third-order valence-electron chi connectivity index (χ3n) is 8.57. The van der Waals surface area contributed by atoms with E-state index in [-0.39, 0.29) is 23.6 Å². The Labute approximate surface area is 242 Å². The Kier molecular flexibility index (Phi) is 6.33. The Balaban J connectivity index is 1.14. The number of aromatic nitrogens is 5. The van der Waals surface area contributed by atoms with Crippen molar-refractivity contribution in [3.05, 3.63) is 84.8 Å². The van der Waals surface area contributed by atoms with Crippen LogP contribution >= 0.6 is 0 Å². The summed E-state index contributed by atoms with van der Waals surface area (Å²) in [7, 11) is 1.93. The number of imidazole rings is 1. The van der Waals surface area contributed by atoms with Crippen molar-refractivity contribution in [2.75, 3.05) is 11.9 Å². The molecule has 2 aromatic carbocycles. The second-order valence-electron chi connectivity index (χ2n) is 11.2. The van der Waals surface area contributed by atoms with Crippen molar-refractivity contribution in [1.29, 1.82) is 0 Å². The molecule has 1 N–H and O–H groups in total. The van der Waals surface area contributed by atoms with Crippen LogP contribution in [-0.2, 0) is 11.8 Å². The van der Waals surface area contributed by atoms with Gasteiger partial charge in [-0.3, -0.25) is 4.79 Å². The van der Waals surface area contributed by atoms with E-state index in [1.165, 1.54) is 12.4 Å². The number of carbonyl (C=O) groups is 1. The SMILES string of the molecule is C=CC(=O)N1C[C@@H]2C[C@H](c3ccc4ncnc(Nc5ccc(Oc6ccc7c(c6)ncn7C)c(C)c5F)c4n3)C[C@H]1C2. The first-order valence-corrected chi connectivity index (χ1v) is 14.1. The van der Waals surface area contributed by atoms with Gasteiger partial charge in [0.2, 0.25) is 5.91 Å². The lowest BCUT2D eigenvalue weighted by Gasteiger charge is -2.29. The topological polar surface area (TPSA) is 98.1 Å². The molecule has 2 aliphatic rings. The second-order valence-corrected chi connectivity index (χ2v) is 11.2. The number of hydrogen-bond acceptors (Lipinski definition) is 7. The van der Waals surface area contributed by atoms with Crippen LogP contribution in [0, 0.1) is 18.7 Å². The number of fused-ring (bicyclic) bond motifs is 4. The molecule has 2 bridgehead atoms. The van der Waals surface area contributed by atoms with Crippen molar-refractivity contribution in [1.82, 2.24) is 29.4 Å². The summed E-state index contributed by atoms with van der Waals surface area (Å²) in [6.45, 7) is 6.11. The average molecular weight is 564 g/mol. The zero-order chi connectivity index (χ0) is 29.0. The van der Waals surface area contributed by atoms with Crippen molar-refractivity contribution in [3.8, 4) is 11.5 Å². The summed E-state index contributed by atoms with van der Waals surface area (Å²) in [6.07, 6.45) is 7.44. The third-order valence-corrected chi connectivity index (χ3v) is 8.57. The van der Waals surface area contributed by atoms with Crippen molar-refractivity contribution in [2.24, 2.45) is 13.0 Å². The number of anilines is 2. The highest BCUT2D eigenvalue weighted by Gasteiger charge is 2.41. The Bertz CT molecular complexity index is 1870. The van der Waals surface area contributed by atoms with Crippen molar-refractivity contribution in [2.45, 2.75) is 38.1 Å². The number of hydrogen-bond donors (Lipinski definition) is 1. The fourth-order valence-corrected chi connectivity index (χ4v) is 6.45. The predicted molar refractivity (Wildman–Crippen MR) is 158 cm³/mol. The van der Waals surface area contributed by atoms with Gasteiger partial charge < -0.3 is 19.5 Å². The molecule has 3 aromatic heterocycles. The molecule has 1 saturated heterocycles. The van der Waals surface area contributed by atoms with E-state index in [4.69, 9.17) is 9.72 Å². The molecular formula is C32H30FN7O2. The highest BCUT2D eigenvalue weighted by Crippen LogP contribution is 2.43. The van der Waals surface area contributed by atoms with Gasteiger partial charge in [-0.25, -0.2) is 24.3 Å². The molecule has 212 valence electrons. The standard InChI is InChI=1S/C32H30FN7O2/c1-4-29(41)40-15-19-11-20(13-21(40)12-19)23-6-7-25-31(37-23)32(35-16-34-25)38-24-8-10-28(18(2)30(24)33)42-22-5-9-27-26(14-22)36-17-39(27)3/h4-10,14,16-17,19-21H,1,11-13,15H2,2-3H3,(H,34,35,38)/t19-,20+,21-/m1/s1. The van der Waals surface area contributed by atoms with Gasteiger partial charge in [0.25, 0.3) is 0 Å². The number of carbonyl (C=O) groups excluding carboxylic acids is 1. The van der Waals surface area contributed by atoms with Crippen LogP contribution in [0.2, 0.25) is 0 Å². The predicted octanol–water partition coefficient (Wildman–Crippen LogP) is 6.18. The lowest BCUT2D eigenvalue weighted by atomic mass is 9.80. The molecule has 1 aliphatic carbocycles. The van der Waals surface area contributed by atoms with E-state index in [1.807, 2.05) is 46.8 Å². The van der Waals surface area contributed by atoms with Gasteiger partial charge in [0.1, 0.15) is 23.3 Å². The minimum absolute atomic E-state index is 0.00230. The third kappa shape index (κ3) is 4.52. The zero-order valence-electron chi connectivity index (χ0n) is 23.4. The van der Waals surface area contributed by atoms with Gasteiger partial charge >= 0.3 is 0 Å². The Morgan fingerprint density at radius 2 is 1.98 bits per heavy atom. The molecule has 0 unspecified atom stereocenters. The van der Waals surface area contributed by atoms with Gasteiger partial charge in [0, 0.05) is 42.9 Å². The summed E-state index contributed by atoms with van der Waals surface area (Å²) in [5.41, 5.74) is 4.60. The van der Waals surface area contributed by atoms with Crippen LogP contribution in [-0.4, -0.2) is 47.9 Å². The molecule has 5 aromatic rings. The molecule has 7 rings (SSSR count). The average Bonchev–Trinajstić information content (AvgIpc) is 3.53. The number of pyridine rings is 1. The Morgan fingerprint density at radius 1 is 1.10 bits per heavy atom. The number of rotatable bonds is 6. The molecule has 1 aliphatic heterocycles. The molecule has 4 heterocycles. The van der Waals surface area contributed by atoms with Crippen LogP contribution in [0.1, 0.15) is 36.4 Å². The molecule has 0 radical (unpaired) electrons. The van der Waals surface area contributed by atoms with Crippen LogP contribution in [0.15, 0.2) is 67.8 Å². The number of nitrogens with zero attached hydrogens (tertiary/aromatic N) is 6. The monoisotopic (exact) mass is 563 g/mol. The van der Waals surface area contributed by atoms with Crippen molar-refractivity contribution < 1.29 is 13.9 Å². The number of likely N-dealkylation sites (tertiary alicyclic amines) is 1. The van der Waals surface area contributed by atoms with Crippen molar-refractivity contribution in [3.63, 3.8) is 0 Å². The van der Waals surface area contributed by atoms with Crippen LogP contribution in [0.25, 0.3) is 22.1 Å². The van der Waals surface area contributed by atoms with E-state index >= 15 is 4.39 Å². The highest BCUT2D eigenvalue weighted by molar-refractivity contribution is 5.88. The molecular weight excluding hydrogens is 533 g/mol. The van der Waals surface area contributed by atoms with Gasteiger partial charge in [0.15, 0.2) is 11.6 Å². The maximum Gasteiger partial charge on any atom is 0.246 e. The van der Waals surface area contributed by atoms with E-state index in [1.54, 1.807) is 25.4 Å². The molecule has 42 heavy (non-hydrogen) atoms. The Morgan fingerprint density at radius 3 is 2.83 bits per heavy atom. The number of amides is 1. The van der Waals surface area contributed by atoms with E-state index in [0.717, 1.165) is 42.5 Å². The lowest BCUT2D eigenvalue weighted by molar-refractivity contribution is -0.126. The fourth-order valence-electron chi connectivity index (χ4n) is 6.45. The normalized spacial score (nSPS) is 19.8. The van der Waals surface area contributed by atoms with Gasteiger partial charge in [-0.05, 0) is 74.6 Å². The largest absolute Gasteiger partial charge is 0.457 e. The van der Waals surface area contributed by atoms with Crippen LogP contribution in [0.5, 0.6) is 11.5 Å². The van der Waals surface area contributed by atoms with Gasteiger partial charge in [-0.2, -0.15) is 0 Å². The first-order chi connectivity index (χ1) is 20.4. The van der Waals surface area contributed by atoms with Crippen LogP contribution < -0.4 is 10.1 Å². The number of aryl methyl sites for hydroxylation is 1. The summed E-state index contributed by atoms with van der Waals surface area (Å²) >= 11 is 0. The number of halogens is 1. The molecule has 0 spiro atoms. The fraction of sp³-hybridized carbons (Fsp3) is 0.281. The molecule has 9 nitrogen and oxygen atoms in total. The minimum Gasteiger partial charge on any atom is -0.457 e. The van der Waals surface area contributed by atoms with E-state index < -0.39 is 5.82 Å². The summed E-state index contributed by atoms with van der Waals surface area (Å²) < 4.78 is 23.6. The first-order valence-electron chi connectivity index (χ1n) is 14.1. The van der Waals surface area contributed by atoms with Crippen LogP contribution in [0.4, 0.5) is 15.9 Å². The molecule has 1 amide bonds. The minimum atomic E-state index is -0.440. The first kappa shape index (κ1) is 26.1. The smallest absolute Gasteiger partial charge is 0.246 e. The maximum absolute atomic E-state index is 15.6. The molecule has 2 fully saturated rings. The summed E-state index contributed by atoms with van der Waals surface area (Å²) in [4.78, 5) is 32.4. The molecule has 10 heteroatoms. The van der Waals surface area contributed by atoms with E-state index in [0.29, 0.717) is 39.8 Å². The summed E-state index contributed by atoms with van der Waals surface area (Å²) in [5, 5.41) is 3.14. The quantitative estimate of drug-likeness (QED) is 0.247. The maximum atomic E-state index is 15.6. The lowest BCUT2D eigenvalue weighted by Crippen LogP contribution is -2.34. The number of nitrogens with one attached hydrogen (secondary N) is 1. The summed E-state index contributed by atoms with van der Waals surface area (Å²) in [6, 6.07) is 13.1. The Hall–Kier alpha value is -4.86. The second kappa shape index (κ2) is 10.2. The highest BCUT2D eigenvalue weighted by atomic mass is 19.1. The van der Waals surface area contributed by atoms with E-state index in [9.17, 15) is 4.79 Å². The van der Waals surface area contributed by atoms with Gasteiger partial charge in [0.05, 0.1) is 28.6 Å². The van der Waals surface area contributed by atoms with E-state index in [2.05, 4.69) is 26.8 Å².